The Hall–Kier alpha value is -3.11. The molecule has 0 atom stereocenters. The summed E-state index contributed by atoms with van der Waals surface area (Å²) in [6.45, 7) is 0. The first kappa shape index (κ1) is 14.5. The summed E-state index contributed by atoms with van der Waals surface area (Å²) in [4.78, 5) is 5.30. The number of nitrogens with zero attached hydrogens (tertiary/aromatic N) is 6. The minimum Gasteiger partial charge on any atom is -0.275 e. The van der Waals surface area contributed by atoms with E-state index >= 15 is 0 Å². The van der Waals surface area contributed by atoms with E-state index in [4.69, 9.17) is 0 Å². The van der Waals surface area contributed by atoms with Crippen LogP contribution in [0.5, 0.6) is 0 Å². The van der Waals surface area contributed by atoms with Gasteiger partial charge in [0.1, 0.15) is 11.1 Å². The van der Waals surface area contributed by atoms with Crippen LogP contribution >= 0.6 is 11.8 Å². The number of aromatic nitrogens is 5. The molecule has 0 N–H and O–H groups in total. The summed E-state index contributed by atoms with van der Waals surface area (Å²) in [5, 5.41) is 18.8. The van der Waals surface area contributed by atoms with E-state index in [1.165, 1.54) is 11.8 Å². The first-order chi connectivity index (χ1) is 11.7. The van der Waals surface area contributed by atoms with Gasteiger partial charge in [0.05, 0.1) is 23.5 Å². The van der Waals surface area contributed by atoms with E-state index in [1.54, 1.807) is 21.6 Å². The van der Waals surface area contributed by atoms with Crippen LogP contribution in [0.25, 0.3) is 16.6 Å². The van der Waals surface area contributed by atoms with E-state index in [2.05, 4.69) is 21.3 Å². The Labute approximate surface area is 142 Å². The van der Waals surface area contributed by atoms with Gasteiger partial charge in [0.25, 0.3) is 0 Å². The Kier molecular flexibility index (Phi) is 3.52. The summed E-state index contributed by atoms with van der Waals surface area (Å²) in [5.74, 6) is 0. The molecular formula is C17H12N6S. The van der Waals surface area contributed by atoms with Gasteiger partial charge in [-0.3, -0.25) is 4.68 Å². The van der Waals surface area contributed by atoms with E-state index in [9.17, 15) is 5.26 Å². The first-order valence-corrected chi connectivity index (χ1v) is 8.05. The monoisotopic (exact) mass is 332 g/mol. The molecule has 0 fully saturated rings. The minimum absolute atomic E-state index is 0.547. The molecule has 4 rings (SSSR count). The molecule has 0 aromatic carbocycles. The van der Waals surface area contributed by atoms with Gasteiger partial charge in [-0.1, -0.05) is 17.8 Å². The number of hydrogen-bond donors (Lipinski definition) is 0. The number of hydrogen-bond acceptors (Lipinski definition) is 5. The zero-order valence-corrected chi connectivity index (χ0v) is 13.6. The summed E-state index contributed by atoms with van der Waals surface area (Å²) in [6.07, 6.45) is 9.02. The van der Waals surface area contributed by atoms with Gasteiger partial charge in [-0.25, -0.2) is 9.50 Å². The van der Waals surface area contributed by atoms with Crippen LogP contribution in [0.2, 0.25) is 0 Å². The molecule has 0 bridgehead atoms. The lowest BCUT2D eigenvalue weighted by atomic mass is 10.1. The van der Waals surface area contributed by atoms with Gasteiger partial charge in [0.15, 0.2) is 0 Å². The maximum atomic E-state index is 9.36. The molecule has 0 unspecified atom stereocenters. The van der Waals surface area contributed by atoms with Crippen molar-refractivity contribution in [1.82, 2.24) is 24.4 Å². The molecule has 24 heavy (non-hydrogen) atoms. The highest BCUT2D eigenvalue weighted by atomic mass is 32.2. The van der Waals surface area contributed by atoms with Gasteiger partial charge in [-0.05, 0) is 18.2 Å². The van der Waals surface area contributed by atoms with E-state index in [1.807, 2.05) is 49.9 Å². The van der Waals surface area contributed by atoms with E-state index in [0.717, 1.165) is 26.6 Å². The lowest BCUT2D eigenvalue weighted by Crippen LogP contribution is -1.92. The van der Waals surface area contributed by atoms with Crippen LogP contribution in [0, 0.1) is 11.3 Å². The fraction of sp³-hybridized carbons (Fsp3) is 0.0588. The molecule has 7 heteroatoms. The standard InChI is InChI=1S/C17H12N6S/c1-22-10-14(9-20-22)12-6-15(24-16-4-2-3-5-19-16)17-13(7-18)8-21-23(17)11-12/h2-6,8-11H,1H3. The predicted octanol–water partition coefficient (Wildman–Crippen LogP) is 3.15. The molecule has 4 aromatic rings. The Bertz CT molecular complexity index is 1060. The van der Waals surface area contributed by atoms with Crippen molar-refractivity contribution in [2.75, 3.05) is 0 Å². The number of aryl methyl sites for hydroxylation is 1. The van der Waals surface area contributed by atoms with E-state index in [0.29, 0.717) is 5.56 Å². The maximum absolute atomic E-state index is 9.36. The number of fused-ring (bicyclic) bond motifs is 1. The Morgan fingerprint density at radius 2 is 2.04 bits per heavy atom. The zero-order valence-electron chi connectivity index (χ0n) is 12.8. The second-order valence-electron chi connectivity index (χ2n) is 5.23. The molecule has 4 heterocycles. The van der Waals surface area contributed by atoms with Gasteiger partial charge in [0, 0.05) is 41.7 Å². The SMILES string of the molecule is Cn1cc(-c2cc(Sc3ccccn3)c3c(C#N)cnn3c2)cn1. The maximum Gasteiger partial charge on any atom is 0.103 e. The smallest absolute Gasteiger partial charge is 0.103 e. The second kappa shape index (κ2) is 5.83. The average molecular weight is 332 g/mol. The lowest BCUT2D eigenvalue weighted by Gasteiger charge is -2.07. The van der Waals surface area contributed by atoms with Crippen molar-refractivity contribution in [3.63, 3.8) is 0 Å². The van der Waals surface area contributed by atoms with Crippen LogP contribution in [-0.4, -0.2) is 24.4 Å². The second-order valence-corrected chi connectivity index (χ2v) is 6.29. The Balaban J connectivity index is 1.91. The molecule has 4 aromatic heterocycles. The molecule has 0 aliphatic heterocycles. The van der Waals surface area contributed by atoms with Gasteiger partial charge in [-0.2, -0.15) is 15.5 Å². The van der Waals surface area contributed by atoms with Crippen molar-refractivity contribution < 1.29 is 0 Å². The Morgan fingerprint density at radius 1 is 1.12 bits per heavy atom. The summed E-state index contributed by atoms with van der Waals surface area (Å²) >= 11 is 1.52. The normalized spacial score (nSPS) is 10.8. The highest BCUT2D eigenvalue weighted by molar-refractivity contribution is 7.99. The molecule has 0 saturated carbocycles. The van der Waals surface area contributed by atoms with Crippen molar-refractivity contribution in [1.29, 1.82) is 5.26 Å². The third-order valence-electron chi connectivity index (χ3n) is 3.59. The molecule has 0 aliphatic carbocycles. The van der Waals surface area contributed by atoms with Crippen molar-refractivity contribution in [2.24, 2.45) is 7.05 Å². The first-order valence-electron chi connectivity index (χ1n) is 7.24. The van der Waals surface area contributed by atoms with Crippen molar-refractivity contribution >= 4 is 17.3 Å². The summed E-state index contributed by atoms with van der Waals surface area (Å²) in [6, 6.07) is 10.0. The number of pyridine rings is 2. The van der Waals surface area contributed by atoms with Crippen molar-refractivity contribution in [2.45, 2.75) is 9.92 Å². The number of nitriles is 1. The van der Waals surface area contributed by atoms with Crippen molar-refractivity contribution in [3.05, 3.63) is 60.8 Å². The molecule has 0 saturated heterocycles. The lowest BCUT2D eigenvalue weighted by molar-refractivity contribution is 0.768. The fourth-order valence-corrected chi connectivity index (χ4v) is 3.46. The molecular weight excluding hydrogens is 320 g/mol. The fourth-order valence-electron chi connectivity index (χ4n) is 2.49. The topological polar surface area (TPSA) is 71.8 Å². The summed E-state index contributed by atoms with van der Waals surface area (Å²) in [5.41, 5.74) is 3.32. The Morgan fingerprint density at radius 3 is 2.75 bits per heavy atom. The van der Waals surface area contributed by atoms with Crippen LogP contribution in [0.4, 0.5) is 0 Å². The van der Waals surface area contributed by atoms with E-state index in [-0.39, 0.29) is 0 Å². The van der Waals surface area contributed by atoms with Crippen LogP contribution < -0.4 is 0 Å². The van der Waals surface area contributed by atoms with Gasteiger partial charge in [0.2, 0.25) is 0 Å². The molecule has 0 amide bonds. The van der Waals surface area contributed by atoms with Crippen LogP contribution in [-0.2, 0) is 7.05 Å². The minimum atomic E-state index is 0.547. The highest BCUT2D eigenvalue weighted by Crippen LogP contribution is 2.34. The number of rotatable bonds is 3. The van der Waals surface area contributed by atoms with Crippen LogP contribution in [0.1, 0.15) is 5.56 Å². The third kappa shape index (κ3) is 2.53. The highest BCUT2D eigenvalue weighted by Gasteiger charge is 2.14. The van der Waals surface area contributed by atoms with Gasteiger partial charge in [-0.15, -0.1) is 0 Å². The zero-order chi connectivity index (χ0) is 16.5. The molecule has 6 nitrogen and oxygen atoms in total. The molecule has 116 valence electrons. The quantitative estimate of drug-likeness (QED) is 0.576. The largest absolute Gasteiger partial charge is 0.275 e. The summed E-state index contributed by atoms with van der Waals surface area (Å²) < 4.78 is 3.50. The van der Waals surface area contributed by atoms with Gasteiger partial charge < -0.3 is 0 Å². The van der Waals surface area contributed by atoms with E-state index < -0.39 is 0 Å². The molecule has 0 spiro atoms. The van der Waals surface area contributed by atoms with Crippen molar-refractivity contribution in [3.8, 4) is 17.2 Å². The van der Waals surface area contributed by atoms with Crippen LogP contribution in [0.3, 0.4) is 0 Å². The van der Waals surface area contributed by atoms with Crippen LogP contribution in [0.15, 0.2) is 65.2 Å². The summed E-state index contributed by atoms with van der Waals surface area (Å²) in [7, 11) is 1.88. The third-order valence-corrected chi connectivity index (χ3v) is 4.57. The van der Waals surface area contributed by atoms with Gasteiger partial charge >= 0.3 is 0 Å². The molecule has 0 aliphatic rings. The average Bonchev–Trinajstić information content (AvgIpc) is 3.21. The predicted molar refractivity (Wildman–Crippen MR) is 90.5 cm³/mol. The molecule has 0 radical (unpaired) electrons.